The minimum absolute atomic E-state index is 0.661. The molecule has 2 aromatic rings. The molecule has 0 aliphatic carbocycles. The van der Waals surface area contributed by atoms with Crippen LogP contribution in [-0.2, 0) is 6.54 Å². The summed E-state index contributed by atoms with van der Waals surface area (Å²) in [6.07, 6.45) is 3.99. The fraction of sp³-hybridized carbons (Fsp3) is 0.364. The summed E-state index contributed by atoms with van der Waals surface area (Å²) in [6.45, 7) is 3.04. The van der Waals surface area contributed by atoms with Gasteiger partial charge in [-0.15, -0.1) is 0 Å². The standard InChI is InChI=1S/C11H14N4S/c1-2-3-8-15-10(13-14-11(15)16)9-6-4-5-7-12-9/h4-7H,2-3,8H2,1H3,(H,14,16). The van der Waals surface area contributed by atoms with E-state index in [0.717, 1.165) is 30.9 Å². The van der Waals surface area contributed by atoms with Crippen molar-refractivity contribution in [2.75, 3.05) is 0 Å². The number of nitrogens with zero attached hydrogens (tertiary/aromatic N) is 3. The Morgan fingerprint density at radius 1 is 1.44 bits per heavy atom. The van der Waals surface area contributed by atoms with Crippen LogP contribution in [0.2, 0.25) is 0 Å². The fourth-order valence-corrected chi connectivity index (χ4v) is 1.76. The van der Waals surface area contributed by atoms with Gasteiger partial charge in [0.2, 0.25) is 0 Å². The Bertz CT molecular complexity index is 500. The van der Waals surface area contributed by atoms with E-state index in [1.807, 2.05) is 22.8 Å². The molecule has 0 bridgehead atoms. The second-order valence-electron chi connectivity index (χ2n) is 3.57. The van der Waals surface area contributed by atoms with Gasteiger partial charge >= 0.3 is 0 Å². The lowest BCUT2D eigenvalue weighted by atomic mass is 10.3. The van der Waals surface area contributed by atoms with Crippen LogP contribution in [0.1, 0.15) is 19.8 Å². The Kier molecular flexibility index (Phi) is 3.46. The molecule has 0 saturated carbocycles. The van der Waals surface area contributed by atoms with Crippen LogP contribution in [-0.4, -0.2) is 19.7 Å². The van der Waals surface area contributed by atoms with E-state index >= 15 is 0 Å². The van der Waals surface area contributed by atoms with Gasteiger partial charge in [0.1, 0.15) is 5.69 Å². The van der Waals surface area contributed by atoms with Crippen molar-refractivity contribution in [3.05, 3.63) is 29.2 Å². The first kappa shape index (κ1) is 11.0. The molecule has 5 heteroatoms. The number of rotatable bonds is 4. The maximum atomic E-state index is 5.20. The van der Waals surface area contributed by atoms with Gasteiger partial charge in [-0.2, -0.15) is 5.10 Å². The van der Waals surface area contributed by atoms with Gasteiger partial charge in [0.15, 0.2) is 10.6 Å². The molecular weight excluding hydrogens is 220 g/mol. The van der Waals surface area contributed by atoms with Crippen molar-refractivity contribution in [1.82, 2.24) is 19.7 Å². The molecule has 2 aromatic heterocycles. The van der Waals surface area contributed by atoms with Crippen molar-refractivity contribution < 1.29 is 0 Å². The van der Waals surface area contributed by atoms with Gasteiger partial charge in [-0.1, -0.05) is 19.4 Å². The molecule has 1 N–H and O–H groups in total. The number of hydrogen-bond acceptors (Lipinski definition) is 3. The first-order valence-electron chi connectivity index (χ1n) is 5.39. The van der Waals surface area contributed by atoms with Crippen molar-refractivity contribution in [3.63, 3.8) is 0 Å². The molecule has 0 spiro atoms. The van der Waals surface area contributed by atoms with Gasteiger partial charge in [-0.3, -0.25) is 14.6 Å². The maximum Gasteiger partial charge on any atom is 0.195 e. The van der Waals surface area contributed by atoms with Crippen molar-refractivity contribution in [2.24, 2.45) is 0 Å². The minimum Gasteiger partial charge on any atom is -0.299 e. The highest BCUT2D eigenvalue weighted by Crippen LogP contribution is 2.14. The lowest BCUT2D eigenvalue weighted by Crippen LogP contribution is -2.01. The average molecular weight is 234 g/mol. The summed E-state index contributed by atoms with van der Waals surface area (Å²) in [5.74, 6) is 0.819. The summed E-state index contributed by atoms with van der Waals surface area (Å²) < 4.78 is 2.66. The molecule has 0 fully saturated rings. The molecule has 84 valence electrons. The number of H-pyrrole nitrogens is 1. The summed E-state index contributed by atoms with van der Waals surface area (Å²) in [5.41, 5.74) is 0.853. The number of pyridine rings is 1. The summed E-state index contributed by atoms with van der Waals surface area (Å²) in [4.78, 5) is 4.28. The molecule has 2 heterocycles. The van der Waals surface area contributed by atoms with Crippen molar-refractivity contribution in [2.45, 2.75) is 26.3 Å². The molecule has 0 atom stereocenters. The third-order valence-corrected chi connectivity index (χ3v) is 2.70. The Balaban J connectivity index is 2.38. The Morgan fingerprint density at radius 2 is 2.31 bits per heavy atom. The van der Waals surface area contributed by atoms with E-state index in [1.54, 1.807) is 6.20 Å². The van der Waals surface area contributed by atoms with E-state index in [2.05, 4.69) is 22.1 Å². The quantitative estimate of drug-likeness (QED) is 0.827. The molecule has 0 unspecified atom stereocenters. The molecule has 0 radical (unpaired) electrons. The number of unbranched alkanes of at least 4 members (excludes halogenated alkanes) is 1. The van der Waals surface area contributed by atoms with E-state index in [4.69, 9.17) is 12.2 Å². The predicted molar refractivity (Wildman–Crippen MR) is 65.6 cm³/mol. The topological polar surface area (TPSA) is 46.5 Å². The van der Waals surface area contributed by atoms with E-state index < -0.39 is 0 Å². The normalized spacial score (nSPS) is 10.6. The van der Waals surface area contributed by atoms with Gasteiger partial charge in [0, 0.05) is 12.7 Å². The minimum atomic E-state index is 0.661. The lowest BCUT2D eigenvalue weighted by Gasteiger charge is -2.04. The number of aromatic amines is 1. The van der Waals surface area contributed by atoms with Crippen LogP contribution in [0.15, 0.2) is 24.4 Å². The molecule has 0 aliphatic rings. The van der Waals surface area contributed by atoms with E-state index in [-0.39, 0.29) is 0 Å². The van der Waals surface area contributed by atoms with Crippen molar-refractivity contribution in [3.8, 4) is 11.5 Å². The van der Waals surface area contributed by atoms with Gasteiger partial charge in [0.05, 0.1) is 0 Å². The summed E-state index contributed by atoms with van der Waals surface area (Å²) >= 11 is 5.20. The molecule has 2 rings (SSSR count). The summed E-state index contributed by atoms with van der Waals surface area (Å²) in [5, 5.41) is 7.04. The highest BCUT2D eigenvalue weighted by Gasteiger charge is 2.08. The van der Waals surface area contributed by atoms with Gasteiger partial charge in [0.25, 0.3) is 0 Å². The number of aromatic nitrogens is 4. The van der Waals surface area contributed by atoms with Crippen molar-refractivity contribution >= 4 is 12.2 Å². The maximum absolute atomic E-state index is 5.20. The van der Waals surface area contributed by atoms with E-state index in [9.17, 15) is 0 Å². The van der Waals surface area contributed by atoms with Crippen LogP contribution in [0.4, 0.5) is 0 Å². The molecule has 0 amide bonds. The van der Waals surface area contributed by atoms with Gasteiger partial charge in [-0.25, -0.2) is 0 Å². The predicted octanol–water partition coefficient (Wildman–Crippen LogP) is 2.80. The molecule has 4 nitrogen and oxygen atoms in total. The second-order valence-corrected chi connectivity index (χ2v) is 3.96. The highest BCUT2D eigenvalue weighted by molar-refractivity contribution is 7.71. The smallest absolute Gasteiger partial charge is 0.195 e. The first-order valence-corrected chi connectivity index (χ1v) is 5.80. The third kappa shape index (κ3) is 2.19. The molecule has 0 saturated heterocycles. The first-order chi connectivity index (χ1) is 7.83. The third-order valence-electron chi connectivity index (χ3n) is 2.39. The summed E-state index contributed by atoms with van der Waals surface area (Å²) in [7, 11) is 0. The van der Waals surface area contributed by atoms with Crippen LogP contribution < -0.4 is 0 Å². The Morgan fingerprint density at radius 3 is 3.00 bits per heavy atom. The highest BCUT2D eigenvalue weighted by atomic mass is 32.1. The average Bonchev–Trinajstić information content (AvgIpc) is 2.69. The zero-order valence-corrected chi connectivity index (χ0v) is 10.00. The monoisotopic (exact) mass is 234 g/mol. The van der Waals surface area contributed by atoms with E-state index in [1.165, 1.54) is 0 Å². The zero-order chi connectivity index (χ0) is 11.4. The number of nitrogens with one attached hydrogen (secondary N) is 1. The Labute approximate surface area is 99.4 Å². The number of hydrogen-bond donors (Lipinski definition) is 1. The van der Waals surface area contributed by atoms with Crippen LogP contribution in [0, 0.1) is 4.77 Å². The SMILES string of the molecule is CCCCn1c(-c2ccccn2)n[nH]c1=S. The van der Waals surface area contributed by atoms with Crippen LogP contribution in [0.25, 0.3) is 11.5 Å². The molecular formula is C11H14N4S. The van der Waals surface area contributed by atoms with Gasteiger partial charge in [-0.05, 0) is 30.8 Å². The fourth-order valence-electron chi connectivity index (χ4n) is 1.53. The van der Waals surface area contributed by atoms with Crippen LogP contribution >= 0.6 is 12.2 Å². The van der Waals surface area contributed by atoms with Crippen LogP contribution in [0.5, 0.6) is 0 Å². The molecule has 0 aliphatic heterocycles. The lowest BCUT2D eigenvalue weighted by molar-refractivity contribution is 0.628. The van der Waals surface area contributed by atoms with E-state index in [0.29, 0.717) is 4.77 Å². The molecule has 16 heavy (non-hydrogen) atoms. The second kappa shape index (κ2) is 5.03. The molecule has 0 aromatic carbocycles. The van der Waals surface area contributed by atoms with Crippen molar-refractivity contribution in [1.29, 1.82) is 0 Å². The summed E-state index contributed by atoms with van der Waals surface area (Å²) in [6, 6.07) is 5.78. The largest absolute Gasteiger partial charge is 0.299 e. The van der Waals surface area contributed by atoms with Crippen LogP contribution in [0.3, 0.4) is 0 Å². The van der Waals surface area contributed by atoms with Gasteiger partial charge < -0.3 is 0 Å². The Hall–Kier alpha value is -1.49. The zero-order valence-electron chi connectivity index (χ0n) is 9.18.